The van der Waals surface area contributed by atoms with Gasteiger partial charge in [0, 0.05) is 12.0 Å². The summed E-state index contributed by atoms with van der Waals surface area (Å²) in [6.07, 6.45) is 2.51. The molecule has 2 heterocycles. The summed E-state index contributed by atoms with van der Waals surface area (Å²) >= 11 is 6.93. The molecule has 1 N–H and O–H groups in total. The first-order valence-corrected chi connectivity index (χ1v) is 7.08. The Morgan fingerprint density at radius 2 is 2.29 bits per heavy atom. The van der Waals surface area contributed by atoms with Gasteiger partial charge in [-0.15, -0.1) is 11.3 Å². The van der Waals surface area contributed by atoms with E-state index in [1.165, 1.54) is 23.4 Å². The first kappa shape index (κ1) is 11.1. The lowest BCUT2D eigenvalue weighted by atomic mass is 10.2. The predicted molar refractivity (Wildman–Crippen MR) is 70.9 cm³/mol. The van der Waals surface area contributed by atoms with Crippen molar-refractivity contribution in [1.29, 1.82) is 0 Å². The van der Waals surface area contributed by atoms with E-state index in [9.17, 15) is 0 Å². The molecule has 1 fully saturated rings. The van der Waals surface area contributed by atoms with Gasteiger partial charge in [-0.3, -0.25) is 9.67 Å². The maximum atomic E-state index is 5.28. The van der Waals surface area contributed by atoms with Crippen LogP contribution in [0.25, 0.3) is 10.7 Å². The van der Waals surface area contributed by atoms with Crippen LogP contribution in [0.1, 0.15) is 44.3 Å². The minimum absolute atomic E-state index is 0.311. The Kier molecular flexibility index (Phi) is 2.63. The van der Waals surface area contributed by atoms with Crippen LogP contribution < -0.4 is 0 Å². The lowest BCUT2D eigenvalue weighted by Crippen LogP contribution is -2.03. The van der Waals surface area contributed by atoms with E-state index in [0.29, 0.717) is 16.7 Å². The number of thiazole rings is 1. The minimum atomic E-state index is 0.311. The van der Waals surface area contributed by atoms with E-state index in [0.717, 1.165) is 5.82 Å². The molecule has 0 spiro atoms. The van der Waals surface area contributed by atoms with Crippen LogP contribution in [0.5, 0.6) is 0 Å². The van der Waals surface area contributed by atoms with Crippen molar-refractivity contribution in [2.45, 2.75) is 38.6 Å². The van der Waals surface area contributed by atoms with Crippen molar-refractivity contribution in [3.05, 3.63) is 16.0 Å². The number of aromatic nitrogens is 4. The molecule has 1 saturated carbocycles. The topological polar surface area (TPSA) is 46.5 Å². The molecule has 90 valence electrons. The maximum absolute atomic E-state index is 5.28. The Bertz CT molecular complexity index is 589. The van der Waals surface area contributed by atoms with E-state index in [-0.39, 0.29) is 0 Å². The van der Waals surface area contributed by atoms with Gasteiger partial charge in [0.15, 0.2) is 10.6 Å². The summed E-state index contributed by atoms with van der Waals surface area (Å²) in [5.41, 5.74) is 3.11. The molecule has 0 unspecified atom stereocenters. The van der Waals surface area contributed by atoms with Crippen molar-refractivity contribution < 1.29 is 0 Å². The van der Waals surface area contributed by atoms with E-state index in [1.807, 2.05) is 5.51 Å². The molecule has 0 atom stereocenters. The summed E-state index contributed by atoms with van der Waals surface area (Å²) in [5, 5.41) is 7.25. The molecule has 6 heteroatoms. The van der Waals surface area contributed by atoms with Gasteiger partial charge < -0.3 is 0 Å². The van der Waals surface area contributed by atoms with Crippen LogP contribution in [-0.2, 0) is 0 Å². The SMILES string of the molecule is CC(C)n1c(-c2scnc2C2CC2)n[nH]c1=S. The molecule has 4 nitrogen and oxygen atoms in total. The van der Waals surface area contributed by atoms with E-state index in [4.69, 9.17) is 12.2 Å². The molecule has 0 radical (unpaired) electrons. The molecule has 17 heavy (non-hydrogen) atoms. The van der Waals surface area contributed by atoms with Gasteiger partial charge in [-0.1, -0.05) is 0 Å². The molecule has 0 saturated heterocycles. The average molecular weight is 266 g/mol. The van der Waals surface area contributed by atoms with Crippen LogP contribution in [0.3, 0.4) is 0 Å². The van der Waals surface area contributed by atoms with Gasteiger partial charge >= 0.3 is 0 Å². The van der Waals surface area contributed by atoms with Gasteiger partial charge in [-0.2, -0.15) is 5.10 Å². The summed E-state index contributed by atoms with van der Waals surface area (Å²) in [5.74, 6) is 1.58. The summed E-state index contributed by atoms with van der Waals surface area (Å²) in [4.78, 5) is 5.66. The third-order valence-electron chi connectivity index (χ3n) is 2.98. The zero-order valence-corrected chi connectivity index (χ0v) is 11.4. The van der Waals surface area contributed by atoms with Crippen molar-refractivity contribution in [2.24, 2.45) is 0 Å². The van der Waals surface area contributed by atoms with E-state index in [2.05, 4.69) is 33.6 Å². The molecule has 0 amide bonds. The molecule has 3 rings (SSSR count). The van der Waals surface area contributed by atoms with Crippen LogP contribution in [0.2, 0.25) is 0 Å². The fraction of sp³-hybridized carbons (Fsp3) is 0.545. The van der Waals surface area contributed by atoms with Crippen molar-refractivity contribution >= 4 is 23.6 Å². The molecule has 2 aromatic rings. The second-order valence-electron chi connectivity index (χ2n) is 4.66. The molecule has 0 bridgehead atoms. The Morgan fingerprint density at radius 3 is 2.94 bits per heavy atom. The highest BCUT2D eigenvalue weighted by atomic mass is 32.1. The smallest absolute Gasteiger partial charge is 0.195 e. The van der Waals surface area contributed by atoms with E-state index >= 15 is 0 Å². The molecular formula is C11H14N4S2. The Balaban J connectivity index is 2.14. The lowest BCUT2D eigenvalue weighted by Gasteiger charge is -2.09. The van der Waals surface area contributed by atoms with Gasteiger partial charge in [-0.05, 0) is 38.9 Å². The van der Waals surface area contributed by atoms with Crippen molar-refractivity contribution in [1.82, 2.24) is 19.7 Å². The fourth-order valence-corrected chi connectivity index (χ4v) is 3.22. The second kappa shape index (κ2) is 4.03. The van der Waals surface area contributed by atoms with Crippen LogP contribution in [-0.4, -0.2) is 19.7 Å². The van der Waals surface area contributed by atoms with Gasteiger partial charge in [0.2, 0.25) is 0 Å². The highest BCUT2D eigenvalue weighted by Gasteiger charge is 2.30. The molecule has 1 aliphatic rings. The zero-order chi connectivity index (χ0) is 12.0. The molecule has 2 aromatic heterocycles. The fourth-order valence-electron chi connectivity index (χ4n) is 2.01. The standard InChI is InChI=1S/C11H14N4S2/c1-6(2)15-10(13-14-11(15)16)9-8(7-3-4-7)12-5-17-9/h5-7H,3-4H2,1-2H3,(H,14,16). The molecular weight excluding hydrogens is 252 g/mol. The number of nitrogens with one attached hydrogen (secondary N) is 1. The number of rotatable bonds is 3. The number of aromatic amines is 1. The Morgan fingerprint density at radius 1 is 1.53 bits per heavy atom. The van der Waals surface area contributed by atoms with Gasteiger partial charge in [-0.25, -0.2) is 4.98 Å². The van der Waals surface area contributed by atoms with Crippen LogP contribution in [0.4, 0.5) is 0 Å². The highest BCUT2D eigenvalue weighted by molar-refractivity contribution is 7.71. The summed E-state index contributed by atoms with van der Waals surface area (Å²) < 4.78 is 2.75. The quantitative estimate of drug-likeness (QED) is 0.865. The van der Waals surface area contributed by atoms with Crippen LogP contribution in [0, 0.1) is 4.77 Å². The average Bonchev–Trinajstić information content (AvgIpc) is 2.88. The number of hydrogen-bond acceptors (Lipinski definition) is 4. The molecule has 0 aliphatic heterocycles. The zero-order valence-electron chi connectivity index (χ0n) is 9.80. The number of H-pyrrole nitrogens is 1. The third-order valence-corrected chi connectivity index (χ3v) is 4.11. The number of hydrogen-bond donors (Lipinski definition) is 1. The Labute approximate surface area is 109 Å². The van der Waals surface area contributed by atoms with Gasteiger partial charge in [0.25, 0.3) is 0 Å². The lowest BCUT2D eigenvalue weighted by molar-refractivity contribution is 0.597. The van der Waals surface area contributed by atoms with Crippen molar-refractivity contribution in [3.63, 3.8) is 0 Å². The first-order valence-electron chi connectivity index (χ1n) is 5.79. The number of nitrogens with zero attached hydrogens (tertiary/aromatic N) is 3. The predicted octanol–water partition coefficient (Wildman–Crippen LogP) is 3.52. The second-order valence-corrected chi connectivity index (χ2v) is 5.90. The molecule has 0 aromatic carbocycles. The van der Waals surface area contributed by atoms with Crippen LogP contribution >= 0.6 is 23.6 Å². The monoisotopic (exact) mass is 266 g/mol. The molecule has 1 aliphatic carbocycles. The summed E-state index contributed by atoms with van der Waals surface area (Å²) in [6, 6.07) is 0.311. The largest absolute Gasteiger partial charge is 0.297 e. The van der Waals surface area contributed by atoms with Crippen molar-refractivity contribution in [3.8, 4) is 10.7 Å². The first-order chi connectivity index (χ1) is 8.18. The maximum Gasteiger partial charge on any atom is 0.195 e. The third kappa shape index (κ3) is 1.85. The van der Waals surface area contributed by atoms with E-state index in [1.54, 1.807) is 11.3 Å². The van der Waals surface area contributed by atoms with Crippen LogP contribution in [0.15, 0.2) is 5.51 Å². The normalized spacial score (nSPS) is 15.7. The van der Waals surface area contributed by atoms with Gasteiger partial charge in [0.1, 0.15) is 0 Å². The minimum Gasteiger partial charge on any atom is -0.297 e. The van der Waals surface area contributed by atoms with Gasteiger partial charge in [0.05, 0.1) is 16.1 Å². The Hall–Kier alpha value is -1.01. The summed E-state index contributed by atoms with van der Waals surface area (Å²) in [6.45, 7) is 4.24. The summed E-state index contributed by atoms with van der Waals surface area (Å²) in [7, 11) is 0. The van der Waals surface area contributed by atoms with Crippen molar-refractivity contribution in [2.75, 3.05) is 0 Å². The highest BCUT2D eigenvalue weighted by Crippen LogP contribution is 2.44. The van der Waals surface area contributed by atoms with E-state index < -0.39 is 0 Å².